The van der Waals surface area contributed by atoms with Crippen LogP contribution >= 0.6 is 0 Å². The molecule has 0 atom stereocenters. The molecule has 2 aromatic carbocycles. The summed E-state index contributed by atoms with van der Waals surface area (Å²) in [5, 5.41) is 2.90. The molecule has 0 aliphatic carbocycles. The lowest BCUT2D eigenvalue weighted by molar-refractivity contribution is -0.111. The quantitative estimate of drug-likeness (QED) is 0.299. The molecule has 0 aliphatic rings. The van der Waals surface area contributed by atoms with Gasteiger partial charge in [-0.1, -0.05) is 55.8 Å². The van der Waals surface area contributed by atoms with Crippen molar-refractivity contribution in [2.75, 3.05) is 11.9 Å². The van der Waals surface area contributed by atoms with Gasteiger partial charge in [-0.15, -0.1) is 0 Å². The fourth-order valence-electron chi connectivity index (χ4n) is 3.65. The summed E-state index contributed by atoms with van der Waals surface area (Å²) in [6.07, 6.45) is 4.96. The number of aryl methyl sites for hydroxylation is 1. The zero-order valence-corrected chi connectivity index (χ0v) is 18.7. The average Bonchev–Trinajstić information content (AvgIpc) is 3.12. The minimum absolute atomic E-state index is 0.211. The maximum atomic E-state index is 13.0. The van der Waals surface area contributed by atoms with Crippen LogP contribution in [0.2, 0.25) is 0 Å². The number of nitrogens with zero attached hydrogens (tertiary/aromatic N) is 3. The van der Waals surface area contributed by atoms with E-state index >= 15 is 0 Å². The first-order chi connectivity index (χ1) is 16.1. The molecule has 1 N–H and O–H groups in total. The Hall–Kier alpha value is -4.00. The SMILES string of the molecule is CCCCn1c(NC(=O)C=Cc2ccccc2)c(C(=O)OCC)c2nc3ccccc3nc21. The number of anilines is 1. The molecule has 168 valence electrons. The molecular formula is C26H26N4O3. The number of hydrogen-bond acceptors (Lipinski definition) is 5. The summed E-state index contributed by atoms with van der Waals surface area (Å²) in [4.78, 5) is 35.3. The standard InChI is InChI=1S/C26H26N4O3/c1-3-5-17-30-24(29-21(31)16-15-18-11-7-6-8-12-18)22(26(32)33-4-2)23-25(30)28-20-14-10-9-13-19(20)27-23/h6-16H,3-5,17H2,1-2H3,(H,29,31). The number of nitrogens with one attached hydrogen (secondary N) is 1. The van der Waals surface area contributed by atoms with E-state index in [4.69, 9.17) is 14.7 Å². The van der Waals surface area contributed by atoms with Gasteiger partial charge >= 0.3 is 5.97 Å². The van der Waals surface area contributed by atoms with Crippen molar-refractivity contribution in [3.63, 3.8) is 0 Å². The molecule has 4 aromatic rings. The molecule has 33 heavy (non-hydrogen) atoms. The number of amides is 1. The van der Waals surface area contributed by atoms with Gasteiger partial charge in [-0.2, -0.15) is 0 Å². The van der Waals surface area contributed by atoms with Gasteiger partial charge in [-0.05, 0) is 37.1 Å². The molecule has 0 spiro atoms. The van der Waals surface area contributed by atoms with Crippen LogP contribution in [0.1, 0.15) is 42.6 Å². The normalized spacial score (nSPS) is 11.3. The Bertz CT molecular complexity index is 1330. The van der Waals surface area contributed by atoms with Crippen LogP contribution in [0.4, 0.5) is 5.82 Å². The second-order valence-corrected chi connectivity index (χ2v) is 7.57. The third-order valence-corrected chi connectivity index (χ3v) is 5.23. The Morgan fingerprint density at radius 3 is 2.39 bits per heavy atom. The zero-order chi connectivity index (χ0) is 23.2. The zero-order valence-electron chi connectivity index (χ0n) is 18.7. The van der Waals surface area contributed by atoms with E-state index in [-0.39, 0.29) is 18.1 Å². The third-order valence-electron chi connectivity index (χ3n) is 5.23. The van der Waals surface area contributed by atoms with E-state index < -0.39 is 5.97 Å². The summed E-state index contributed by atoms with van der Waals surface area (Å²) in [5.41, 5.74) is 3.49. The summed E-state index contributed by atoms with van der Waals surface area (Å²) in [6, 6.07) is 17.0. The van der Waals surface area contributed by atoms with Crippen molar-refractivity contribution in [1.82, 2.24) is 14.5 Å². The number of carbonyl (C=O) groups is 2. The molecule has 7 heteroatoms. The predicted octanol–water partition coefficient (Wildman–Crippen LogP) is 5.21. The van der Waals surface area contributed by atoms with Gasteiger partial charge < -0.3 is 14.6 Å². The van der Waals surface area contributed by atoms with E-state index in [9.17, 15) is 9.59 Å². The molecule has 0 radical (unpaired) electrons. The first kappa shape index (κ1) is 22.2. The van der Waals surface area contributed by atoms with Crippen molar-refractivity contribution in [3.05, 3.63) is 71.8 Å². The number of esters is 1. The predicted molar refractivity (Wildman–Crippen MR) is 130 cm³/mol. The van der Waals surface area contributed by atoms with Crippen molar-refractivity contribution in [2.45, 2.75) is 33.2 Å². The number of fused-ring (bicyclic) bond motifs is 2. The fourth-order valence-corrected chi connectivity index (χ4v) is 3.65. The molecule has 1 amide bonds. The first-order valence-corrected chi connectivity index (χ1v) is 11.1. The molecule has 0 aliphatic heterocycles. The van der Waals surface area contributed by atoms with Gasteiger partial charge in [0.25, 0.3) is 0 Å². The van der Waals surface area contributed by atoms with Gasteiger partial charge in [0.2, 0.25) is 5.91 Å². The molecule has 2 aromatic heterocycles. The highest BCUT2D eigenvalue weighted by Gasteiger charge is 2.27. The summed E-state index contributed by atoms with van der Waals surface area (Å²) in [6.45, 7) is 4.62. The van der Waals surface area contributed by atoms with E-state index in [2.05, 4.69) is 12.2 Å². The van der Waals surface area contributed by atoms with E-state index in [1.54, 1.807) is 13.0 Å². The molecule has 4 rings (SSSR count). The molecular weight excluding hydrogens is 416 g/mol. The van der Waals surface area contributed by atoms with Crippen LogP contribution in [0, 0.1) is 0 Å². The van der Waals surface area contributed by atoms with E-state index in [1.807, 2.05) is 59.2 Å². The Morgan fingerprint density at radius 1 is 1.00 bits per heavy atom. The fraction of sp³-hybridized carbons (Fsp3) is 0.231. The molecule has 2 heterocycles. The van der Waals surface area contributed by atoms with Gasteiger partial charge in [0.15, 0.2) is 5.65 Å². The smallest absolute Gasteiger partial charge is 0.344 e. The van der Waals surface area contributed by atoms with Crippen LogP contribution in [0.25, 0.3) is 28.3 Å². The number of unbranched alkanes of at least 4 members (excludes halogenated alkanes) is 1. The van der Waals surface area contributed by atoms with Crippen molar-refractivity contribution >= 4 is 46.0 Å². The molecule has 7 nitrogen and oxygen atoms in total. The van der Waals surface area contributed by atoms with Gasteiger partial charge in [0, 0.05) is 12.6 Å². The van der Waals surface area contributed by atoms with Gasteiger partial charge in [0.1, 0.15) is 16.9 Å². The largest absolute Gasteiger partial charge is 0.462 e. The van der Waals surface area contributed by atoms with E-state index in [0.717, 1.165) is 23.9 Å². The Morgan fingerprint density at radius 2 is 1.70 bits per heavy atom. The Labute approximate surface area is 192 Å². The summed E-state index contributed by atoms with van der Waals surface area (Å²) < 4.78 is 7.19. The lowest BCUT2D eigenvalue weighted by atomic mass is 10.2. The van der Waals surface area contributed by atoms with Crippen LogP contribution in [0.5, 0.6) is 0 Å². The van der Waals surface area contributed by atoms with Crippen LogP contribution < -0.4 is 5.32 Å². The third kappa shape index (κ3) is 4.77. The van der Waals surface area contributed by atoms with Crippen molar-refractivity contribution in [3.8, 4) is 0 Å². The number of aromatic nitrogens is 3. The first-order valence-electron chi connectivity index (χ1n) is 11.1. The van der Waals surface area contributed by atoms with Crippen LogP contribution in [0.15, 0.2) is 60.7 Å². The van der Waals surface area contributed by atoms with Crippen LogP contribution in [-0.2, 0) is 16.1 Å². The summed E-state index contributed by atoms with van der Waals surface area (Å²) in [5.74, 6) is -0.533. The van der Waals surface area contributed by atoms with Crippen LogP contribution in [0.3, 0.4) is 0 Å². The van der Waals surface area contributed by atoms with Crippen molar-refractivity contribution in [2.24, 2.45) is 0 Å². The molecule has 0 fully saturated rings. The van der Waals surface area contributed by atoms with Crippen molar-refractivity contribution < 1.29 is 14.3 Å². The monoisotopic (exact) mass is 442 g/mol. The lowest BCUT2D eigenvalue weighted by Gasteiger charge is -2.11. The van der Waals surface area contributed by atoms with Gasteiger partial charge in [-0.25, -0.2) is 14.8 Å². The highest BCUT2D eigenvalue weighted by molar-refractivity contribution is 6.13. The highest BCUT2D eigenvalue weighted by atomic mass is 16.5. The Kier molecular flexibility index (Phi) is 6.78. The molecule has 0 unspecified atom stereocenters. The summed E-state index contributed by atoms with van der Waals surface area (Å²) in [7, 11) is 0. The molecule has 0 bridgehead atoms. The molecule has 0 saturated heterocycles. The average molecular weight is 443 g/mol. The van der Waals surface area contributed by atoms with E-state index in [0.29, 0.717) is 29.0 Å². The lowest BCUT2D eigenvalue weighted by Crippen LogP contribution is -2.16. The summed E-state index contributed by atoms with van der Waals surface area (Å²) >= 11 is 0. The maximum Gasteiger partial charge on any atom is 0.344 e. The van der Waals surface area contributed by atoms with Gasteiger partial charge in [0.05, 0.1) is 17.6 Å². The van der Waals surface area contributed by atoms with Crippen LogP contribution in [-0.4, -0.2) is 33.0 Å². The number of ether oxygens (including phenoxy) is 1. The number of rotatable bonds is 8. The number of benzene rings is 2. The number of hydrogen-bond donors (Lipinski definition) is 1. The Balaban J connectivity index is 1.84. The van der Waals surface area contributed by atoms with Crippen molar-refractivity contribution in [1.29, 1.82) is 0 Å². The minimum atomic E-state index is -0.537. The minimum Gasteiger partial charge on any atom is -0.462 e. The number of carbonyl (C=O) groups excluding carboxylic acids is 2. The van der Waals surface area contributed by atoms with Gasteiger partial charge in [-0.3, -0.25) is 4.79 Å². The second-order valence-electron chi connectivity index (χ2n) is 7.57. The molecule has 0 saturated carbocycles. The number of para-hydroxylation sites is 2. The highest BCUT2D eigenvalue weighted by Crippen LogP contribution is 2.31. The maximum absolute atomic E-state index is 13.0. The topological polar surface area (TPSA) is 86.1 Å². The van der Waals surface area contributed by atoms with E-state index in [1.165, 1.54) is 6.08 Å². The second kappa shape index (κ2) is 10.1.